The summed E-state index contributed by atoms with van der Waals surface area (Å²) in [4.78, 5) is 12.1. The number of nitrogen functional groups attached to an aromatic ring is 1. The van der Waals surface area contributed by atoms with E-state index >= 15 is 0 Å². The van der Waals surface area contributed by atoms with E-state index in [1.165, 1.54) is 12.1 Å². The fourth-order valence-corrected chi connectivity index (χ4v) is 2.23. The summed E-state index contributed by atoms with van der Waals surface area (Å²) in [6.07, 6.45) is 0. The number of benzene rings is 2. The van der Waals surface area contributed by atoms with Gasteiger partial charge in [-0.1, -0.05) is 12.1 Å². The molecule has 0 heterocycles. The van der Waals surface area contributed by atoms with E-state index in [4.69, 9.17) is 5.73 Å². The second-order valence-electron chi connectivity index (χ2n) is 4.13. The summed E-state index contributed by atoms with van der Waals surface area (Å²) in [5.41, 5.74) is 7.42. The largest absolute Gasteiger partial charge is 0.396 e. The standard InChI is InChI=1S/C14H12FIN2O/c1-8-3-2-4-10(13(8)16)14(19)18-9-5-6-12(17)11(15)7-9/h2-7H,17H2,1H3,(H,18,19). The zero-order valence-electron chi connectivity index (χ0n) is 10.2. The third kappa shape index (κ3) is 3.04. The van der Waals surface area contributed by atoms with Crippen molar-refractivity contribution in [2.24, 2.45) is 0 Å². The van der Waals surface area contributed by atoms with Crippen LogP contribution in [0.25, 0.3) is 0 Å². The number of carbonyl (C=O) groups is 1. The van der Waals surface area contributed by atoms with Crippen LogP contribution in [0.1, 0.15) is 15.9 Å². The number of halogens is 2. The lowest BCUT2D eigenvalue weighted by molar-refractivity contribution is 0.102. The highest BCUT2D eigenvalue weighted by molar-refractivity contribution is 14.1. The van der Waals surface area contributed by atoms with Crippen LogP contribution in [0.15, 0.2) is 36.4 Å². The molecule has 0 radical (unpaired) electrons. The van der Waals surface area contributed by atoms with Gasteiger partial charge in [-0.05, 0) is 59.3 Å². The Labute approximate surface area is 124 Å². The van der Waals surface area contributed by atoms with Crippen LogP contribution in [0.3, 0.4) is 0 Å². The van der Waals surface area contributed by atoms with Crippen LogP contribution in [-0.4, -0.2) is 5.91 Å². The fourth-order valence-electron chi connectivity index (χ4n) is 1.63. The van der Waals surface area contributed by atoms with Gasteiger partial charge in [0.2, 0.25) is 0 Å². The molecule has 98 valence electrons. The Balaban J connectivity index is 2.26. The Hall–Kier alpha value is -1.63. The topological polar surface area (TPSA) is 55.1 Å². The van der Waals surface area contributed by atoms with Crippen LogP contribution in [0.4, 0.5) is 15.8 Å². The minimum Gasteiger partial charge on any atom is -0.396 e. The average molecular weight is 370 g/mol. The summed E-state index contributed by atoms with van der Waals surface area (Å²) >= 11 is 2.12. The molecule has 5 heteroatoms. The monoisotopic (exact) mass is 370 g/mol. The van der Waals surface area contributed by atoms with Crippen LogP contribution < -0.4 is 11.1 Å². The van der Waals surface area contributed by atoms with Crippen molar-refractivity contribution in [2.75, 3.05) is 11.1 Å². The number of amides is 1. The molecule has 2 aromatic carbocycles. The van der Waals surface area contributed by atoms with Crippen LogP contribution in [0.2, 0.25) is 0 Å². The molecule has 0 spiro atoms. The highest BCUT2D eigenvalue weighted by Gasteiger charge is 2.12. The van der Waals surface area contributed by atoms with Crippen molar-refractivity contribution < 1.29 is 9.18 Å². The van der Waals surface area contributed by atoms with Crippen LogP contribution in [-0.2, 0) is 0 Å². The molecule has 1 amide bonds. The van der Waals surface area contributed by atoms with Gasteiger partial charge in [0, 0.05) is 9.26 Å². The molecular formula is C14H12FIN2O. The van der Waals surface area contributed by atoms with Crippen molar-refractivity contribution in [3.63, 3.8) is 0 Å². The summed E-state index contributed by atoms with van der Waals surface area (Å²) in [6, 6.07) is 9.68. The van der Waals surface area contributed by atoms with Gasteiger partial charge in [0.15, 0.2) is 0 Å². The number of aryl methyl sites for hydroxylation is 1. The van der Waals surface area contributed by atoms with Crippen molar-refractivity contribution in [3.8, 4) is 0 Å². The summed E-state index contributed by atoms with van der Waals surface area (Å²) in [5, 5.41) is 2.66. The van der Waals surface area contributed by atoms with Gasteiger partial charge in [0.05, 0.1) is 11.3 Å². The van der Waals surface area contributed by atoms with Gasteiger partial charge in [-0.15, -0.1) is 0 Å². The Kier molecular flexibility index (Phi) is 4.04. The lowest BCUT2D eigenvalue weighted by Gasteiger charge is -2.09. The van der Waals surface area contributed by atoms with Crippen LogP contribution >= 0.6 is 22.6 Å². The molecule has 0 fully saturated rings. The van der Waals surface area contributed by atoms with Gasteiger partial charge >= 0.3 is 0 Å². The van der Waals surface area contributed by atoms with Gasteiger partial charge in [0.1, 0.15) is 5.82 Å². The van der Waals surface area contributed by atoms with E-state index in [-0.39, 0.29) is 11.6 Å². The minimum atomic E-state index is -0.545. The molecule has 0 saturated carbocycles. The Morgan fingerprint density at radius 2 is 2.05 bits per heavy atom. The summed E-state index contributed by atoms with van der Waals surface area (Å²) in [7, 11) is 0. The van der Waals surface area contributed by atoms with Gasteiger partial charge in [0.25, 0.3) is 5.91 Å². The number of nitrogens with two attached hydrogens (primary N) is 1. The number of rotatable bonds is 2. The number of hydrogen-bond donors (Lipinski definition) is 2. The molecule has 0 bridgehead atoms. The zero-order valence-corrected chi connectivity index (χ0v) is 12.4. The molecule has 0 aromatic heterocycles. The minimum absolute atomic E-state index is 0.0585. The third-order valence-electron chi connectivity index (χ3n) is 2.69. The molecule has 3 N–H and O–H groups in total. The fraction of sp³-hybridized carbons (Fsp3) is 0.0714. The summed E-state index contributed by atoms with van der Waals surface area (Å²) in [6.45, 7) is 1.93. The van der Waals surface area contributed by atoms with Gasteiger partial charge in [-0.25, -0.2) is 4.39 Å². The molecular weight excluding hydrogens is 358 g/mol. The Morgan fingerprint density at radius 1 is 1.32 bits per heavy atom. The molecule has 19 heavy (non-hydrogen) atoms. The lowest BCUT2D eigenvalue weighted by Crippen LogP contribution is -2.14. The highest BCUT2D eigenvalue weighted by atomic mass is 127. The van der Waals surface area contributed by atoms with Gasteiger partial charge in [-0.2, -0.15) is 0 Å². The number of carbonyl (C=O) groups excluding carboxylic acids is 1. The van der Waals surface area contributed by atoms with Crippen molar-refractivity contribution in [2.45, 2.75) is 6.92 Å². The Morgan fingerprint density at radius 3 is 2.74 bits per heavy atom. The van der Waals surface area contributed by atoms with E-state index in [1.807, 2.05) is 19.1 Å². The number of anilines is 2. The average Bonchev–Trinajstić information content (AvgIpc) is 2.37. The van der Waals surface area contributed by atoms with Crippen molar-refractivity contribution in [1.82, 2.24) is 0 Å². The van der Waals surface area contributed by atoms with Gasteiger partial charge < -0.3 is 11.1 Å². The number of nitrogens with one attached hydrogen (secondary N) is 1. The smallest absolute Gasteiger partial charge is 0.256 e. The van der Waals surface area contributed by atoms with E-state index in [9.17, 15) is 9.18 Å². The molecule has 0 saturated heterocycles. The van der Waals surface area contributed by atoms with Crippen molar-refractivity contribution >= 4 is 39.9 Å². The highest BCUT2D eigenvalue weighted by Crippen LogP contribution is 2.20. The predicted octanol–water partition coefficient (Wildman–Crippen LogP) is 3.57. The van der Waals surface area contributed by atoms with E-state index < -0.39 is 5.82 Å². The first-order valence-electron chi connectivity index (χ1n) is 5.60. The maximum Gasteiger partial charge on any atom is 0.256 e. The van der Waals surface area contributed by atoms with E-state index in [1.54, 1.807) is 12.1 Å². The summed E-state index contributed by atoms with van der Waals surface area (Å²) < 4.78 is 14.2. The zero-order chi connectivity index (χ0) is 14.0. The molecule has 2 rings (SSSR count). The molecule has 3 nitrogen and oxygen atoms in total. The first-order valence-corrected chi connectivity index (χ1v) is 6.68. The second kappa shape index (κ2) is 5.56. The molecule has 0 unspecified atom stereocenters. The van der Waals surface area contributed by atoms with E-state index in [0.29, 0.717) is 11.3 Å². The van der Waals surface area contributed by atoms with Crippen LogP contribution in [0.5, 0.6) is 0 Å². The Bertz CT molecular complexity index is 643. The van der Waals surface area contributed by atoms with E-state index in [2.05, 4.69) is 27.9 Å². The van der Waals surface area contributed by atoms with Crippen molar-refractivity contribution in [3.05, 3.63) is 56.9 Å². The third-order valence-corrected chi connectivity index (χ3v) is 4.13. The quantitative estimate of drug-likeness (QED) is 0.627. The van der Waals surface area contributed by atoms with E-state index in [0.717, 1.165) is 9.13 Å². The molecule has 0 aliphatic rings. The molecule has 0 atom stereocenters. The number of hydrogen-bond acceptors (Lipinski definition) is 2. The lowest BCUT2D eigenvalue weighted by atomic mass is 10.1. The van der Waals surface area contributed by atoms with Crippen LogP contribution in [0, 0.1) is 16.3 Å². The molecule has 0 aliphatic heterocycles. The summed E-state index contributed by atoms with van der Waals surface area (Å²) in [5.74, 6) is -0.811. The maximum absolute atomic E-state index is 13.3. The SMILES string of the molecule is Cc1cccc(C(=O)Nc2ccc(N)c(F)c2)c1I. The second-order valence-corrected chi connectivity index (χ2v) is 5.21. The maximum atomic E-state index is 13.3. The molecule has 0 aliphatic carbocycles. The first-order chi connectivity index (χ1) is 8.99. The normalized spacial score (nSPS) is 10.3. The van der Waals surface area contributed by atoms with Crippen molar-refractivity contribution in [1.29, 1.82) is 0 Å². The van der Waals surface area contributed by atoms with Gasteiger partial charge in [-0.3, -0.25) is 4.79 Å². The first kappa shape index (κ1) is 13.8. The predicted molar refractivity (Wildman–Crippen MR) is 82.7 cm³/mol. The molecule has 2 aromatic rings.